The Hall–Kier alpha value is -3.69. The van der Waals surface area contributed by atoms with E-state index in [9.17, 15) is 24.8 Å². The molecule has 27 heavy (non-hydrogen) atoms. The van der Waals surface area contributed by atoms with Gasteiger partial charge in [-0.05, 0) is 12.5 Å². The summed E-state index contributed by atoms with van der Waals surface area (Å²) >= 11 is 0. The molecule has 0 radical (unpaired) electrons. The van der Waals surface area contributed by atoms with Crippen molar-refractivity contribution in [2.45, 2.75) is 12.8 Å². The number of methoxy groups -OCH3 is 2. The number of carbonyl (C=O) groups is 2. The average Bonchev–Trinajstić information content (AvgIpc) is 2.66. The zero-order valence-corrected chi connectivity index (χ0v) is 14.8. The quantitative estimate of drug-likeness (QED) is 0.152. The summed E-state index contributed by atoms with van der Waals surface area (Å²) in [4.78, 5) is 36.6. The average molecular weight is 375 g/mol. The minimum absolute atomic E-state index is 0.0558. The molecule has 10 nitrogen and oxygen atoms in total. The van der Waals surface area contributed by atoms with Gasteiger partial charge in [-0.2, -0.15) is 0 Å². The number of carbonyl (C=O) groups excluding carboxylic acids is 2. The summed E-state index contributed by atoms with van der Waals surface area (Å²) in [7, 11) is 2.26. The third-order valence-corrected chi connectivity index (χ3v) is 4.15. The second-order valence-corrected chi connectivity index (χ2v) is 5.50. The highest BCUT2D eigenvalue weighted by atomic mass is 16.6. The SMILES string of the molecule is COC(=O)C1=C(C)N(C=N)C(=O)C(=C(O)OC)C1c1cccc([N+](=O)[O-])c1. The van der Waals surface area contributed by atoms with Gasteiger partial charge in [0.05, 0.1) is 37.0 Å². The molecule has 1 amide bonds. The van der Waals surface area contributed by atoms with Crippen LogP contribution < -0.4 is 0 Å². The number of nitrogens with zero attached hydrogens (tertiary/aromatic N) is 2. The van der Waals surface area contributed by atoms with Crippen LogP contribution in [-0.2, 0) is 19.1 Å². The lowest BCUT2D eigenvalue weighted by atomic mass is 9.80. The highest BCUT2D eigenvalue weighted by Gasteiger charge is 2.43. The van der Waals surface area contributed by atoms with Crippen LogP contribution in [0.2, 0.25) is 0 Å². The Morgan fingerprint density at radius 1 is 1.37 bits per heavy atom. The predicted molar refractivity (Wildman–Crippen MR) is 92.8 cm³/mol. The molecule has 1 aliphatic rings. The fraction of sp³-hybridized carbons (Fsp3) is 0.235. The number of esters is 1. The van der Waals surface area contributed by atoms with Gasteiger partial charge in [-0.25, -0.2) is 4.79 Å². The summed E-state index contributed by atoms with van der Waals surface area (Å²) in [6.45, 7) is 1.43. The molecule has 2 rings (SSSR count). The molecular formula is C17H17N3O7. The van der Waals surface area contributed by atoms with Crippen molar-refractivity contribution >= 4 is 23.9 Å². The van der Waals surface area contributed by atoms with Crippen molar-refractivity contribution in [3.8, 4) is 0 Å². The lowest BCUT2D eigenvalue weighted by Crippen LogP contribution is -2.40. The molecule has 0 bridgehead atoms. The number of hydrogen-bond donors (Lipinski definition) is 2. The second-order valence-electron chi connectivity index (χ2n) is 5.50. The van der Waals surface area contributed by atoms with E-state index in [2.05, 4.69) is 0 Å². The summed E-state index contributed by atoms with van der Waals surface area (Å²) in [6.07, 6.45) is 0.688. The Balaban J connectivity index is 2.88. The van der Waals surface area contributed by atoms with Gasteiger partial charge in [-0.3, -0.25) is 25.2 Å². The van der Waals surface area contributed by atoms with Gasteiger partial charge in [0.2, 0.25) is 0 Å². The van der Waals surface area contributed by atoms with Crippen LogP contribution in [0.4, 0.5) is 5.69 Å². The van der Waals surface area contributed by atoms with Crippen LogP contribution in [0, 0.1) is 15.5 Å². The number of ether oxygens (including phenoxy) is 2. The van der Waals surface area contributed by atoms with Gasteiger partial charge in [-0.15, -0.1) is 0 Å². The molecule has 2 N–H and O–H groups in total. The smallest absolute Gasteiger partial charge is 0.336 e. The molecule has 142 valence electrons. The molecule has 10 heteroatoms. The molecule has 1 atom stereocenters. The van der Waals surface area contributed by atoms with E-state index in [1.165, 1.54) is 31.2 Å². The van der Waals surface area contributed by atoms with E-state index in [1.807, 2.05) is 0 Å². The van der Waals surface area contributed by atoms with Gasteiger partial charge in [-0.1, -0.05) is 12.1 Å². The maximum atomic E-state index is 12.8. The van der Waals surface area contributed by atoms with Crippen molar-refractivity contribution in [1.29, 1.82) is 5.41 Å². The van der Waals surface area contributed by atoms with Crippen LogP contribution in [-0.4, -0.2) is 47.4 Å². The highest BCUT2D eigenvalue weighted by Crippen LogP contribution is 2.42. The minimum Gasteiger partial charge on any atom is -0.481 e. The molecule has 1 heterocycles. The first kappa shape index (κ1) is 19.6. The maximum absolute atomic E-state index is 12.8. The van der Waals surface area contributed by atoms with Gasteiger partial charge in [0.1, 0.15) is 5.57 Å². The Morgan fingerprint density at radius 2 is 2.04 bits per heavy atom. The molecule has 0 aromatic heterocycles. The van der Waals surface area contributed by atoms with Gasteiger partial charge < -0.3 is 14.6 Å². The normalized spacial score (nSPS) is 18.9. The molecule has 0 aliphatic carbocycles. The van der Waals surface area contributed by atoms with Gasteiger partial charge in [0.15, 0.2) is 0 Å². The van der Waals surface area contributed by atoms with E-state index in [0.29, 0.717) is 6.34 Å². The standard InChI is InChI=1S/C17H17N3O7/c1-9-12(16(22)26-2)13(10-5-4-6-11(7-10)20(24)25)14(17(23)27-3)15(21)19(9)8-18/h4-8,13,18,23H,1-3H3. The number of non-ortho nitro benzene ring substituents is 1. The Labute approximate surface area is 154 Å². The summed E-state index contributed by atoms with van der Waals surface area (Å²) in [5.74, 6) is -3.56. The van der Waals surface area contributed by atoms with E-state index >= 15 is 0 Å². The topological polar surface area (TPSA) is 143 Å². The lowest BCUT2D eigenvalue weighted by Gasteiger charge is -2.33. The molecule has 0 saturated heterocycles. The highest BCUT2D eigenvalue weighted by molar-refractivity contribution is 6.09. The number of nitro groups is 1. The van der Waals surface area contributed by atoms with E-state index < -0.39 is 28.7 Å². The lowest BCUT2D eigenvalue weighted by molar-refractivity contribution is -0.384. The molecule has 0 spiro atoms. The van der Waals surface area contributed by atoms with Crippen molar-refractivity contribution in [3.63, 3.8) is 0 Å². The minimum atomic E-state index is -1.18. The fourth-order valence-corrected chi connectivity index (χ4v) is 2.90. The number of benzene rings is 1. The van der Waals surface area contributed by atoms with E-state index in [4.69, 9.17) is 14.9 Å². The zero-order valence-electron chi connectivity index (χ0n) is 14.8. The molecule has 0 saturated carbocycles. The predicted octanol–water partition coefficient (Wildman–Crippen LogP) is 1.99. The van der Waals surface area contributed by atoms with Gasteiger partial charge in [0, 0.05) is 17.8 Å². The van der Waals surface area contributed by atoms with Crippen LogP contribution >= 0.6 is 0 Å². The largest absolute Gasteiger partial charge is 0.481 e. The number of rotatable bonds is 5. The number of nitrogens with one attached hydrogen (secondary N) is 1. The Bertz CT molecular complexity index is 888. The van der Waals surface area contributed by atoms with Crippen LogP contribution in [0.25, 0.3) is 0 Å². The van der Waals surface area contributed by atoms with Crippen molar-refractivity contribution in [2.24, 2.45) is 0 Å². The van der Waals surface area contributed by atoms with Crippen LogP contribution in [0.15, 0.2) is 47.1 Å². The Morgan fingerprint density at radius 3 is 2.56 bits per heavy atom. The molecule has 1 aromatic carbocycles. The third kappa shape index (κ3) is 3.36. The number of aliphatic hydroxyl groups is 1. The van der Waals surface area contributed by atoms with Crippen molar-refractivity contribution in [3.05, 3.63) is 62.7 Å². The number of allylic oxidation sites excluding steroid dienone is 1. The van der Waals surface area contributed by atoms with Crippen molar-refractivity contribution < 1.29 is 29.1 Å². The third-order valence-electron chi connectivity index (χ3n) is 4.15. The molecule has 1 aromatic rings. The summed E-state index contributed by atoms with van der Waals surface area (Å²) in [5, 5.41) is 28.7. The zero-order chi connectivity index (χ0) is 20.3. The van der Waals surface area contributed by atoms with Gasteiger partial charge >= 0.3 is 5.97 Å². The maximum Gasteiger partial charge on any atom is 0.336 e. The second kappa shape index (κ2) is 7.68. The van der Waals surface area contributed by atoms with Crippen LogP contribution in [0.3, 0.4) is 0 Å². The number of amides is 1. The summed E-state index contributed by atoms with van der Waals surface area (Å²) < 4.78 is 9.57. The number of aliphatic hydroxyl groups excluding tert-OH is 1. The first-order chi connectivity index (χ1) is 12.8. The molecule has 1 aliphatic heterocycles. The van der Waals surface area contributed by atoms with E-state index in [-0.39, 0.29) is 28.1 Å². The molecule has 1 unspecified atom stereocenters. The summed E-state index contributed by atoms with van der Waals surface area (Å²) in [5.41, 5.74) is -0.341. The molecule has 0 fully saturated rings. The van der Waals surface area contributed by atoms with Crippen LogP contribution in [0.1, 0.15) is 18.4 Å². The van der Waals surface area contributed by atoms with Crippen molar-refractivity contribution in [1.82, 2.24) is 4.90 Å². The number of hydrogen-bond acceptors (Lipinski definition) is 8. The van der Waals surface area contributed by atoms with Gasteiger partial charge in [0.25, 0.3) is 17.5 Å². The first-order valence-electron chi connectivity index (χ1n) is 7.63. The van der Waals surface area contributed by atoms with E-state index in [1.54, 1.807) is 0 Å². The van der Waals surface area contributed by atoms with Crippen LogP contribution in [0.5, 0.6) is 0 Å². The van der Waals surface area contributed by atoms with Crippen molar-refractivity contribution in [2.75, 3.05) is 14.2 Å². The molecular weight excluding hydrogens is 358 g/mol. The van der Waals surface area contributed by atoms with E-state index in [0.717, 1.165) is 19.1 Å². The number of nitro benzene ring substituents is 1. The first-order valence-corrected chi connectivity index (χ1v) is 7.63. The monoisotopic (exact) mass is 375 g/mol. The fourth-order valence-electron chi connectivity index (χ4n) is 2.90. The summed E-state index contributed by atoms with van der Waals surface area (Å²) in [6, 6.07) is 5.32. The Kier molecular flexibility index (Phi) is 5.59.